The smallest absolute Gasteiger partial charge is 0.151 e. The second-order valence-electron chi connectivity index (χ2n) is 12.2. The number of hydrogen-bond donors (Lipinski definition) is 3. The fraction of sp³-hybridized carbons (Fsp3) is 0.684. The number of unbranched alkanes of at least 4 members (excludes halogenated alkanes) is 16. The van der Waals surface area contributed by atoms with E-state index in [9.17, 15) is 0 Å². The molecule has 3 N–H and O–H groups in total. The van der Waals surface area contributed by atoms with E-state index < -0.39 is 5.66 Å². The Morgan fingerprint density at radius 1 is 0.429 bits per heavy atom. The first-order valence-electron chi connectivity index (χ1n) is 17.9. The maximum atomic E-state index is 4.09. The number of rotatable bonds is 28. The lowest BCUT2D eigenvalue weighted by molar-refractivity contribution is -0.0204. The van der Waals surface area contributed by atoms with E-state index in [1.165, 1.54) is 133 Å². The van der Waals surface area contributed by atoms with Gasteiger partial charge in [0.2, 0.25) is 0 Å². The van der Waals surface area contributed by atoms with Crippen LogP contribution in [0.5, 0.6) is 0 Å². The van der Waals surface area contributed by atoms with E-state index in [0.717, 1.165) is 19.6 Å². The van der Waals surface area contributed by atoms with Crippen LogP contribution in [-0.4, -0.2) is 24.8 Å². The molecule has 238 valence electrons. The van der Waals surface area contributed by atoms with E-state index in [1.54, 1.807) is 0 Å². The Hall–Kier alpha value is -1.72. The van der Waals surface area contributed by atoms with Gasteiger partial charge in [-0.25, -0.2) is 10.9 Å². The van der Waals surface area contributed by atoms with E-state index in [4.69, 9.17) is 0 Å². The minimum atomic E-state index is -0.504. The predicted octanol–water partition coefficient (Wildman–Crippen LogP) is 10.3. The van der Waals surface area contributed by atoms with Gasteiger partial charge in [-0.3, -0.25) is 5.32 Å². The summed E-state index contributed by atoms with van der Waals surface area (Å²) < 4.78 is 0. The Labute approximate surface area is 260 Å². The normalized spacial score (nSPS) is 11.9. The van der Waals surface area contributed by atoms with Crippen LogP contribution in [0, 0.1) is 0 Å². The Kier molecular flexibility index (Phi) is 21.4. The molecule has 2 aromatic rings. The largest absolute Gasteiger partial charge is 0.289 e. The lowest BCUT2D eigenvalue weighted by Gasteiger charge is -2.45. The maximum Gasteiger partial charge on any atom is 0.151 e. The predicted molar refractivity (Wildman–Crippen MR) is 184 cm³/mol. The van der Waals surface area contributed by atoms with E-state index in [1.807, 2.05) is 0 Å². The molecule has 4 heteroatoms. The summed E-state index contributed by atoms with van der Waals surface area (Å²) in [7, 11) is 0. The molecule has 0 heterocycles. The molecule has 0 saturated heterocycles. The zero-order valence-corrected chi connectivity index (χ0v) is 27.8. The van der Waals surface area contributed by atoms with Crippen molar-refractivity contribution in [2.45, 2.75) is 148 Å². The Morgan fingerprint density at radius 3 is 1.14 bits per heavy atom. The minimum absolute atomic E-state index is 0.504. The fourth-order valence-corrected chi connectivity index (χ4v) is 5.90. The van der Waals surface area contributed by atoms with Crippen molar-refractivity contribution in [1.29, 1.82) is 0 Å². The number of benzene rings is 2. The average molecular weight is 579 g/mol. The molecule has 0 aromatic heterocycles. The topological polar surface area (TPSA) is 39.3 Å². The fourth-order valence-electron chi connectivity index (χ4n) is 5.90. The van der Waals surface area contributed by atoms with Crippen LogP contribution in [0.2, 0.25) is 0 Å². The third kappa shape index (κ3) is 14.2. The summed E-state index contributed by atoms with van der Waals surface area (Å²) in [6.07, 6.45) is 24.9. The van der Waals surface area contributed by atoms with Crippen LogP contribution in [0.4, 0.5) is 0 Å². The number of nitrogens with one attached hydrogen (secondary N) is 3. The van der Waals surface area contributed by atoms with Crippen LogP contribution in [0.1, 0.15) is 154 Å². The summed E-state index contributed by atoms with van der Waals surface area (Å²) in [4.78, 5) is 0. The highest BCUT2D eigenvalue weighted by atomic mass is 15.8. The summed E-state index contributed by atoms with van der Waals surface area (Å²) in [5.41, 5.74) is 9.83. The number of hydrogen-bond acceptors (Lipinski definition) is 4. The number of nitrogens with zero attached hydrogens (tertiary/aromatic N) is 1. The van der Waals surface area contributed by atoms with Crippen molar-refractivity contribution in [2.24, 2.45) is 0 Å². The van der Waals surface area contributed by atoms with Gasteiger partial charge in [-0.2, -0.15) is 5.12 Å². The molecular weight excluding hydrogens is 512 g/mol. The highest BCUT2D eigenvalue weighted by Crippen LogP contribution is 2.32. The van der Waals surface area contributed by atoms with Crippen molar-refractivity contribution >= 4 is 0 Å². The molecule has 0 atom stereocenters. The van der Waals surface area contributed by atoms with Crippen molar-refractivity contribution in [3.63, 3.8) is 0 Å². The third-order valence-electron chi connectivity index (χ3n) is 8.48. The average Bonchev–Trinajstić information content (AvgIpc) is 3.03. The lowest BCUT2D eigenvalue weighted by Crippen LogP contribution is -2.67. The van der Waals surface area contributed by atoms with Gasteiger partial charge in [-0.1, -0.05) is 184 Å². The minimum Gasteiger partial charge on any atom is -0.289 e. The zero-order chi connectivity index (χ0) is 30.0. The van der Waals surface area contributed by atoms with Gasteiger partial charge in [0, 0.05) is 13.1 Å². The van der Waals surface area contributed by atoms with Gasteiger partial charge in [0.1, 0.15) is 0 Å². The van der Waals surface area contributed by atoms with Gasteiger partial charge in [-0.05, 0) is 36.9 Å². The van der Waals surface area contributed by atoms with Gasteiger partial charge in [-0.15, -0.1) is 0 Å². The first-order valence-corrected chi connectivity index (χ1v) is 17.9. The summed E-state index contributed by atoms with van der Waals surface area (Å²) in [6, 6.07) is 22.1. The van der Waals surface area contributed by atoms with Crippen LogP contribution in [-0.2, 0) is 5.66 Å². The van der Waals surface area contributed by atoms with Crippen molar-refractivity contribution in [3.05, 3.63) is 71.8 Å². The van der Waals surface area contributed by atoms with Crippen molar-refractivity contribution in [3.8, 4) is 0 Å². The van der Waals surface area contributed by atoms with Crippen molar-refractivity contribution in [1.82, 2.24) is 21.3 Å². The lowest BCUT2D eigenvalue weighted by atomic mass is 9.90. The van der Waals surface area contributed by atoms with Crippen LogP contribution < -0.4 is 16.2 Å². The van der Waals surface area contributed by atoms with Crippen molar-refractivity contribution < 1.29 is 0 Å². The molecule has 0 saturated carbocycles. The SMILES string of the molecule is CCCCCCCCCCNN(NCCCCCCCC)C(NCCCCCCC)(c1ccccc1)c1ccccc1. The molecule has 4 nitrogen and oxygen atoms in total. The second kappa shape index (κ2) is 24.7. The highest BCUT2D eigenvalue weighted by molar-refractivity contribution is 5.37. The van der Waals surface area contributed by atoms with Gasteiger partial charge in [0.25, 0.3) is 0 Å². The van der Waals surface area contributed by atoms with Gasteiger partial charge >= 0.3 is 0 Å². The molecular formula is C38H66N4. The molecule has 2 rings (SSSR count). The van der Waals surface area contributed by atoms with Crippen LogP contribution in [0.15, 0.2) is 60.7 Å². The molecule has 0 bridgehead atoms. The Balaban J connectivity index is 2.21. The summed E-state index contributed by atoms with van der Waals surface area (Å²) in [5, 5.41) is 6.44. The van der Waals surface area contributed by atoms with Gasteiger partial charge < -0.3 is 0 Å². The zero-order valence-electron chi connectivity index (χ0n) is 27.8. The molecule has 0 unspecified atom stereocenters. The molecule has 42 heavy (non-hydrogen) atoms. The van der Waals surface area contributed by atoms with E-state index >= 15 is 0 Å². The third-order valence-corrected chi connectivity index (χ3v) is 8.48. The maximum absolute atomic E-state index is 4.09. The Bertz CT molecular complexity index is 801. The molecule has 0 aliphatic carbocycles. The highest BCUT2D eigenvalue weighted by Gasteiger charge is 2.40. The Morgan fingerprint density at radius 2 is 0.762 bits per heavy atom. The van der Waals surface area contributed by atoms with Crippen LogP contribution in [0.3, 0.4) is 0 Å². The summed E-state index contributed by atoms with van der Waals surface area (Å²) in [5.74, 6) is 0. The van der Waals surface area contributed by atoms with Gasteiger partial charge in [0.05, 0.1) is 0 Å². The monoisotopic (exact) mass is 579 g/mol. The van der Waals surface area contributed by atoms with E-state index in [-0.39, 0.29) is 0 Å². The van der Waals surface area contributed by atoms with Gasteiger partial charge in [0.15, 0.2) is 5.66 Å². The van der Waals surface area contributed by atoms with Crippen LogP contribution in [0.25, 0.3) is 0 Å². The standard InChI is InChI=1S/C38H66N4/c1-4-7-10-13-15-16-19-28-35-41-42(40-34-27-18-14-11-8-5-2)38(36-29-22-20-23-30-36,37-31-24-21-25-32-37)39-33-26-17-12-9-6-3/h20-25,29-32,39-41H,4-19,26-28,33-35H2,1-3H3. The molecule has 0 fully saturated rings. The first kappa shape index (κ1) is 36.5. The quantitative estimate of drug-likeness (QED) is 0.0533. The number of hydrazine groups is 2. The van der Waals surface area contributed by atoms with E-state index in [0.29, 0.717) is 0 Å². The van der Waals surface area contributed by atoms with E-state index in [2.05, 4.69) is 103 Å². The summed E-state index contributed by atoms with van der Waals surface area (Å²) >= 11 is 0. The summed E-state index contributed by atoms with van der Waals surface area (Å²) in [6.45, 7) is 9.79. The molecule has 0 aliphatic heterocycles. The first-order chi connectivity index (χ1) is 20.8. The second-order valence-corrected chi connectivity index (χ2v) is 12.2. The van der Waals surface area contributed by atoms with Crippen LogP contribution >= 0.6 is 0 Å². The molecule has 0 amide bonds. The molecule has 0 spiro atoms. The molecule has 0 radical (unpaired) electrons. The molecule has 0 aliphatic rings. The molecule has 2 aromatic carbocycles. The van der Waals surface area contributed by atoms with Crippen molar-refractivity contribution in [2.75, 3.05) is 19.6 Å².